The molecule has 2 fully saturated rings. The molecule has 0 saturated carbocycles. The van der Waals surface area contributed by atoms with E-state index in [0.717, 1.165) is 19.5 Å². The van der Waals surface area contributed by atoms with E-state index < -0.39 is 15.3 Å². The predicted molar refractivity (Wildman–Crippen MR) is 72.5 cm³/mol. The van der Waals surface area contributed by atoms with Gasteiger partial charge in [-0.15, -0.1) is 0 Å². The second-order valence-electron chi connectivity index (χ2n) is 6.27. The molecule has 3 atom stereocenters. The summed E-state index contributed by atoms with van der Waals surface area (Å²) in [6.07, 6.45) is 0.752. The van der Waals surface area contributed by atoms with Gasteiger partial charge in [0.1, 0.15) is 0 Å². The zero-order valence-electron chi connectivity index (χ0n) is 11.9. The third-order valence-electron chi connectivity index (χ3n) is 4.67. The van der Waals surface area contributed by atoms with Crippen molar-refractivity contribution < 1.29 is 17.9 Å². The minimum Gasteiger partial charge on any atom is -0.469 e. The van der Waals surface area contributed by atoms with Crippen molar-refractivity contribution in [2.75, 3.05) is 38.2 Å². The molecular formula is C13H23NO4S. The average molecular weight is 289 g/mol. The van der Waals surface area contributed by atoms with Crippen molar-refractivity contribution in [2.45, 2.75) is 20.3 Å². The van der Waals surface area contributed by atoms with E-state index in [1.54, 1.807) is 0 Å². The summed E-state index contributed by atoms with van der Waals surface area (Å²) in [5.74, 6) is 0.902. The van der Waals surface area contributed by atoms with Crippen molar-refractivity contribution >= 4 is 15.8 Å². The Morgan fingerprint density at radius 1 is 1.47 bits per heavy atom. The predicted octanol–water partition coefficient (Wildman–Crippen LogP) is 0.552. The topological polar surface area (TPSA) is 63.7 Å². The third kappa shape index (κ3) is 2.94. The van der Waals surface area contributed by atoms with Gasteiger partial charge in [-0.1, -0.05) is 6.92 Å². The van der Waals surface area contributed by atoms with Crippen LogP contribution in [0.4, 0.5) is 0 Å². The molecule has 2 aliphatic rings. The van der Waals surface area contributed by atoms with Crippen molar-refractivity contribution in [3.05, 3.63) is 0 Å². The van der Waals surface area contributed by atoms with E-state index in [1.165, 1.54) is 7.11 Å². The molecule has 0 N–H and O–H groups in total. The van der Waals surface area contributed by atoms with E-state index in [0.29, 0.717) is 18.1 Å². The van der Waals surface area contributed by atoms with Crippen LogP contribution in [-0.2, 0) is 19.4 Å². The van der Waals surface area contributed by atoms with Gasteiger partial charge in [0.25, 0.3) is 0 Å². The monoisotopic (exact) mass is 289 g/mol. The molecule has 0 spiro atoms. The molecule has 0 aromatic heterocycles. The first-order valence-electron chi connectivity index (χ1n) is 6.78. The zero-order chi connectivity index (χ0) is 14.3. The fraction of sp³-hybridized carbons (Fsp3) is 0.923. The molecule has 2 saturated heterocycles. The lowest BCUT2D eigenvalue weighted by molar-refractivity contribution is -0.152. The van der Waals surface area contributed by atoms with E-state index in [4.69, 9.17) is 4.74 Å². The number of carbonyl (C=O) groups is 1. The van der Waals surface area contributed by atoms with Crippen LogP contribution in [0.1, 0.15) is 20.3 Å². The van der Waals surface area contributed by atoms with Crippen LogP contribution in [0.25, 0.3) is 0 Å². The third-order valence-corrected chi connectivity index (χ3v) is 6.50. The summed E-state index contributed by atoms with van der Waals surface area (Å²) < 4.78 is 27.8. The van der Waals surface area contributed by atoms with Crippen LogP contribution in [0.15, 0.2) is 0 Å². The van der Waals surface area contributed by atoms with Crippen molar-refractivity contribution in [1.29, 1.82) is 0 Å². The number of sulfone groups is 1. The number of ether oxygens (including phenoxy) is 1. The van der Waals surface area contributed by atoms with Crippen LogP contribution in [0, 0.1) is 17.3 Å². The number of rotatable bonds is 3. The first kappa shape index (κ1) is 14.8. The highest BCUT2D eigenvalue weighted by atomic mass is 32.2. The Labute approximate surface area is 115 Å². The van der Waals surface area contributed by atoms with Gasteiger partial charge in [0.05, 0.1) is 24.0 Å². The van der Waals surface area contributed by atoms with E-state index in [-0.39, 0.29) is 17.8 Å². The summed E-state index contributed by atoms with van der Waals surface area (Å²) >= 11 is 0. The summed E-state index contributed by atoms with van der Waals surface area (Å²) in [5, 5.41) is 0. The van der Waals surface area contributed by atoms with E-state index in [9.17, 15) is 13.2 Å². The quantitative estimate of drug-likeness (QED) is 0.710. The molecule has 0 amide bonds. The SMILES string of the molecule is COC(=O)[C@]1(C)CN(CC2CCS(=O)(=O)C2)C[C@H]1C. The molecular weight excluding hydrogens is 266 g/mol. The van der Waals surface area contributed by atoms with Gasteiger partial charge in [-0.25, -0.2) is 8.42 Å². The van der Waals surface area contributed by atoms with Gasteiger partial charge in [0.15, 0.2) is 9.84 Å². The molecule has 0 aromatic rings. The Hall–Kier alpha value is -0.620. The molecule has 1 unspecified atom stereocenters. The first-order chi connectivity index (χ1) is 8.77. The second kappa shape index (κ2) is 5.05. The largest absolute Gasteiger partial charge is 0.469 e. The van der Waals surface area contributed by atoms with Gasteiger partial charge < -0.3 is 9.64 Å². The van der Waals surface area contributed by atoms with Gasteiger partial charge >= 0.3 is 5.97 Å². The molecule has 2 aliphatic heterocycles. The number of carbonyl (C=O) groups excluding carboxylic acids is 1. The van der Waals surface area contributed by atoms with Crippen molar-refractivity contribution in [3.8, 4) is 0 Å². The van der Waals surface area contributed by atoms with Crippen LogP contribution in [0.5, 0.6) is 0 Å². The molecule has 0 radical (unpaired) electrons. The van der Waals surface area contributed by atoms with Crippen LogP contribution in [0.3, 0.4) is 0 Å². The maximum absolute atomic E-state index is 11.9. The molecule has 0 aromatic carbocycles. The Balaban J connectivity index is 1.97. The molecule has 19 heavy (non-hydrogen) atoms. The standard InChI is InChI=1S/C13H23NO4S/c1-10-6-14(9-13(10,2)12(15)18-3)7-11-4-5-19(16,17)8-11/h10-11H,4-9H2,1-3H3/t10-,11?,13-/m1/s1. The Morgan fingerprint density at radius 3 is 2.68 bits per heavy atom. The molecule has 5 nitrogen and oxygen atoms in total. The van der Waals surface area contributed by atoms with Crippen LogP contribution in [-0.4, -0.2) is 57.5 Å². The van der Waals surface area contributed by atoms with Gasteiger partial charge in [-0.05, 0) is 25.2 Å². The lowest BCUT2D eigenvalue weighted by Crippen LogP contribution is -2.37. The highest BCUT2D eigenvalue weighted by Gasteiger charge is 2.47. The summed E-state index contributed by atoms with van der Waals surface area (Å²) in [6.45, 7) is 6.27. The van der Waals surface area contributed by atoms with Crippen molar-refractivity contribution in [3.63, 3.8) is 0 Å². The van der Waals surface area contributed by atoms with Crippen LogP contribution < -0.4 is 0 Å². The summed E-state index contributed by atoms with van der Waals surface area (Å²) in [5.41, 5.74) is -0.466. The lowest BCUT2D eigenvalue weighted by atomic mass is 9.81. The van der Waals surface area contributed by atoms with Crippen LogP contribution >= 0.6 is 0 Å². The molecule has 2 rings (SSSR count). The molecule has 6 heteroatoms. The number of methoxy groups -OCH3 is 1. The maximum Gasteiger partial charge on any atom is 0.313 e. The molecule has 2 heterocycles. The second-order valence-corrected chi connectivity index (χ2v) is 8.50. The van der Waals surface area contributed by atoms with Gasteiger partial charge in [0, 0.05) is 19.6 Å². The molecule has 0 bridgehead atoms. The Kier molecular flexibility index (Phi) is 3.93. The summed E-state index contributed by atoms with van der Waals surface area (Å²) in [4.78, 5) is 14.1. The number of hydrogen-bond acceptors (Lipinski definition) is 5. The summed E-state index contributed by atoms with van der Waals surface area (Å²) in [7, 11) is -1.40. The zero-order valence-corrected chi connectivity index (χ0v) is 12.7. The Bertz CT molecular complexity index is 461. The van der Waals surface area contributed by atoms with Crippen LogP contribution in [0.2, 0.25) is 0 Å². The minimum absolute atomic E-state index is 0.165. The van der Waals surface area contributed by atoms with Crippen molar-refractivity contribution in [2.24, 2.45) is 17.3 Å². The first-order valence-corrected chi connectivity index (χ1v) is 8.60. The highest BCUT2D eigenvalue weighted by molar-refractivity contribution is 7.91. The van der Waals surface area contributed by atoms with Crippen molar-refractivity contribution in [1.82, 2.24) is 4.90 Å². The number of hydrogen-bond donors (Lipinski definition) is 0. The van der Waals surface area contributed by atoms with Gasteiger partial charge in [-0.2, -0.15) is 0 Å². The number of nitrogens with zero attached hydrogens (tertiary/aromatic N) is 1. The van der Waals surface area contributed by atoms with E-state index >= 15 is 0 Å². The molecule has 110 valence electrons. The highest BCUT2D eigenvalue weighted by Crippen LogP contribution is 2.37. The fourth-order valence-electron chi connectivity index (χ4n) is 3.29. The summed E-state index contributed by atoms with van der Waals surface area (Å²) in [6, 6.07) is 0. The number of esters is 1. The number of likely N-dealkylation sites (tertiary alicyclic amines) is 1. The van der Waals surface area contributed by atoms with E-state index in [1.807, 2.05) is 6.92 Å². The Morgan fingerprint density at radius 2 is 2.16 bits per heavy atom. The smallest absolute Gasteiger partial charge is 0.313 e. The maximum atomic E-state index is 11.9. The minimum atomic E-state index is -2.82. The fourth-order valence-corrected chi connectivity index (χ4v) is 5.14. The van der Waals surface area contributed by atoms with Gasteiger partial charge in [-0.3, -0.25) is 4.79 Å². The normalized spacial score (nSPS) is 38.5. The average Bonchev–Trinajstić information content (AvgIpc) is 2.80. The van der Waals surface area contributed by atoms with Gasteiger partial charge in [0.2, 0.25) is 0 Å². The van der Waals surface area contributed by atoms with E-state index in [2.05, 4.69) is 11.8 Å². The molecule has 0 aliphatic carbocycles. The lowest BCUT2D eigenvalue weighted by Gasteiger charge is -2.25.